The second kappa shape index (κ2) is 8.37. The Labute approximate surface area is 163 Å². The van der Waals surface area contributed by atoms with Crippen LogP contribution in [0.3, 0.4) is 0 Å². The molecule has 0 unspecified atom stereocenters. The first-order valence-electron chi connectivity index (χ1n) is 9.42. The highest BCUT2D eigenvalue weighted by molar-refractivity contribution is 5.98. The van der Waals surface area contributed by atoms with Crippen LogP contribution in [0.25, 0.3) is 0 Å². The largest absolute Gasteiger partial charge is 0.339 e. The molecule has 0 atom stereocenters. The summed E-state index contributed by atoms with van der Waals surface area (Å²) in [7, 11) is 0. The molecule has 9 heteroatoms. The Morgan fingerprint density at radius 3 is 1.61 bits per heavy atom. The number of nitrogens with zero attached hydrogens (tertiary/aromatic N) is 5. The van der Waals surface area contributed by atoms with Gasteiger partial charge >= 0.3 is 0 Å². The predicted molar refractivity (Wildman–Crippen MR) is 101 cm³/mol. The molecule has 1 aromatic heterocycles. The van der Waals surface area contributed by atoms with Crippen molar-refractivity contribution >= 4 is 23.6 Å². The molecule has 28 heavy (non-hydrogen) atoms. The molecule has 0 aromatic carbocycles. The van der Waals surface area contributed by atoms with E-state index in [0.29, 0.717) is 57.9 Å². The second-order valence-corrected chi connectivity index (χ2v) is 7.03. The van der Waals surface area contributed by atoms with Gasteiger partial charge in [-0.05, 0) is 12.1 Å². The van der Waals surface area contributed by atoms with Crippen molar-refractivity contribution in [1.29, 1.82) is 0 Å². The van der Waals surface area contributed by atoms with Crippen LogP contribution in [-0.2, 0) is 9.59 Å². The van der Waals surface area contributed by atoms with Gasteiger partial charge in [0, 0.05) is 78.0 Å². The van der Waals surface area contributed by atoms with Crippen LogP contribution in [0, 0.1) is 0 Å². The molecule has 4 amide bonds. The van der Waals surface area contributed by atoms with Crippen LogP contribution in [-0.4, -0.2) is 101 Å². The normalized spacial score (nSPS) is 17.5. The van der Waals surface area contributed by atoms with E-state index >= 15 is 0 Å². The lowest BCUT2D eigenvalue weighted by Crippen LogP contribution is -2.50. The molecule has 0 radical (unpaired) electrons. The number of aromatic nitrogens is 1. The van der Waals surface area contributed by atoms with Gasteiger partial charge in [-0.2, -0.15) is 0 Å². The number of rotatable bonds is 2. The van der Waals surface area contributed by atoms with Gasteiger partial charge in [0.15, 0.2) is 0 Å². The highest BCUT2D eigenvalue weighted by Crippen LogP contribution is 2.12. The number of piperazine rings is 2. The molecular formula is C19H25N5O4. The maximum atomic E-state index is 12.8. The van der Waals surface area contributed by atoms with E-state index in [1.165, 1.54) is 26.1 Å². The SMILES string of the molecule is CC(=O)N1CCN(C(=O)c2ccnc(C(=O)N3CCN(C(C)=O)CC3)c2)CC1. The van der Waals surface area contributed by atoms with Crippen molar-refractivity contribution in [3.05, 3.63) is 29.6 Å². The van der Waals surface area contributed by atoms with Crippen molar-refractivity contribution in [2.45, 2.75) is 13.8 Å². The second-order valence-electron chi connectivity index (χ2n) is 7.03. The Morgan fingerprint density at radius 2 is 1.14 bits per heavy atom. The van der Waals surface area contributed by atoms with Crippen molar-refractivity contribution in [3.63, 3.8) is 0 Å². The maximum absolute atomic E-state index is 12.8. The van der Waals surface area contributed by atoms with Gasteiger partial charge in [0.25, 0.3) is 11.8 Å². The third kappa shape index (κ3) is 4.29. The molecule has 2 aliphatic rings. The van der Waals surface area contributed by atoms with Crippen molar-refractivity contribution < 1.29 is 19.2 Å². The standard InChI is InChI=1S/C19H25N5O4/c1-14(25)21-5-9-23(10-6-21)18(27)16-3-4-20-17(13-16)19(28)24-11-7-22(8-12-24)15(2)26/h3-4,13H,5-12H2,1-2H3. The highest BCUT2D eigenvalue weighted by atomic mass is 16.2. The van der Waals surface area contributed by atoms with E-state index in [2.05, 4.69) is 4.98 Å². The fourth-order valence-electron chi connectivity index (χ4n) is 3.47. The van der Waals surface area contributed by atoms with Crippen LogP contribution < -0.4 is 0 Å². The minimum atomic E-state index is -0.237. The van der Waals surface area contributed by atoms with Crippen molar-refractivity contribution in [3.8, 4) is 0 Å². The van der Waals surface area contributed by atoms with Crippen molar-refractivity contribution in [2.75, 3.05) is 52.4 Å². The smallest absolute Gasteiger partial charge is 0.272 e. The summed E-state index contributed by atoms with van der Waals surface area (Å²) in [4.78, 5) is 59.2. The molecule has 2 fully saturated rings. The molecule has 3 heterocycles. The summed E-state index contributed by atoms with van der Waals surface area (Å²) in [6.07, 6.45) is 1.47. The summed E-state index contributed by atoms with van der Waals surface area (Å²) >= 11 is 0. The third-order valence-corrected chi connectivity index (χ3v) is 5.25. The fourth-order valence-corrected chi connectivity index (χ4v) is 3.47. The van der Waals surface area contributed by atoms with E-state index in [0.717, 1.165) is 0 Å². The summed E-state index contributed by atoms with van der Waals surface area (Å²) in [5, 5.41) is 0. The molecule has 3 rings (SSSR count). The number of pyridine rings is 1. The number of hydrogen-bond acceptors (Lipinski definition) is 5. The molecule has 9 nitrogen and oxygen atoms in total. The van der Waals surface area contributed by atoms with E-state index in [1.807, 2.05) is 0 Å². The topological polar surface area (TPSA) is 94.1 Å². The molecule has 0 N–H and O–H groups in total. The lowest BCUT2D eigenvalue weighted by Gasteiger charge is -2.34. The molecule has 2 saturated heterocycles. The minimum Gasteiger partial charge on any atom is -0.339 e. The molecule has 2 aliphatic heterocycles. The highest BCUT2D eigenvalue weighted by Gasteiger charge is 2.26. The van der Waals surface area contributed by atoms with Crippen LogP contribution >= 0.6 is 0 Å². The van der Waals surface area contributed by atoms with Crippen LogP contribution in [0.2, 0.25) is 0 Å². The number of carbonyl (C=O) groups excluding carboxylic acids is 4. The van der Waals surface area contributed by atoms with Gasteiger partial charge in [-0.25, -0.2) is 0 Å². The molecule has 0 aliphatic carbocycles. The van der Waals surface area contributed by atoms with Gasteiger partial charge < -0.3 is 19.6 Å². The third-order valence-electron chi connectivity index (χ3n) is 5.25. The summed E-state index contributed by atoms with van der Waals surface area (Å²) in [5.41, 5.74) is 0.640. The number of amides is 4. The molecule has 150 valence electrons. The lowest BCUT2D eigenvalue weighted by atomic mass is 10.1. The molecule has 1 aromatic rings. The van der Waals surface area contributed by atoms with Crippen LogP contribution in [0.5, 0.6) is 0 Å². The Morgan fingerprint density at radius 1 is 0.714 bits per heavy atom. The van der Waals surface area contributed by atoms with Crippen molar-refractivity contribution in [1.82, 2.24) is 24.6 Å². The average molecular weight is 387 g/mol. The monoisotopic (exact) mass is 387 g/mol. The first kappa shape index (κ1) is 19.8. The first-order valence-corrected chi connectivity index (χ1v) is 9.42. The average Bonchev–Trinajstić information content (AvgIpc) is 2.73. The quantitative estimate of drug-likeness (QED) is 0.694. The zero-order valence-corrected chi connectivity index (χ0v) is 16.3. The van der Waals surface area contributed by atoms with E-state index in [9.17, 15) is 19.2 Å². The van der Waals surface area contributed by atoms with Gasteiger partial charge in [0.2, 0.25) is 11.8 Å². The zero-order valence-electron chi connectivity index (χ0n) is 16.3. The van der Waals surface area contributed by atoms with Crippen molar-refractivity contribution in [2.24, 2.45) is 0 Å². The van der Waals surface area contributed by atoms with Crippen LogP contribution in [0.1, 0.15) is 34.7 Å². The Hall–Kier alpha value is -2.97. The predicted octanol–water partition coefficient (Wildman–Crippen LogP) is -0.310. The zero-order chi connectivity index (χ0) is 20.3. The lowest BCUT2D eigenvalue weighted by molar-refractivity contribution is -0.131. The van der Waals surface area contributed by atoms with Gasteiger partial charge in [0.05, 0.1) is 0 Å². The number of hydrogen-bond donors (Lipinski definition) is 0. The van der Waals surface area contributed by atoms with Gasteiger partial charge in [-0.1, -0.05) is 0 Å². The van der Waals surface area contributed by atoms with Gasteiger partial charge in [-0.15, -0.1) is 0 Å². The Kier molecular flexibility index (Phi) is 5.91. The summed E-state index contributed by atoms with van der Waals surface area (Å²) in [6.45, 7) is 6.90. The summed E-state index contributed by atoms with van der Waals surface area (Å²) < 4.78 is 0. The molecule has 0 saturated carbocycles. The maximum Gasteiger partial charge on any atom is 0.272 e. The summed E-state index contributed by atoms with van der Waals surface area (Å²) in [5.74, 6) is -0.392. The van der Waals surface area contributed by atoms with Crippen LogP contribution in [0.15, 0.2) is 18.3 Å². The van der Waals surface area contributed by atoms with Crippen LogP contribution in [0.4, 0.5) is 0 Å². The van der Waals surface area contributed by atoms with E-state index in [4.69, 9.17) is 0 Å². The Balaban J connectivity index is 1.64. The fraction of sp³-hybridized carbons (Fsp3) is 0.526. The minimum absolute atomic E-state index is 0.00249. The van der Waals surface area contributed by atoms with E-state index in [1.54, 1.807) is 25.7 Å². The molecular weight excluding hydrogens is 362 g/mol. The van der Waals surface area contributed by atoms with Gasteiger partial charge in [0.1, 0.15) is 5.69 Å². The van der Waals surface area contributed by atoms with Gasteiger partial charge in [-0.3, -0.25) is 24.2 Å². The molecule has 0 bridgehead atoms. The first-order chi connectivity index (χ1) is 13.4. The summed E-state index contributed by atoms with van der Waals surface area (Å²) in [6, 6.07) is 3.13. The Bertz CT molecular complexity index is 719. The number of carbonyl (C=O) groups is 4. The van der Waals surface area contributed by atoms with E-state index < -0.39 is 0 Å². The molecule has 0 spiro atoms. The van der Waals surface area contributed by atoms with E-state index in [-0.39, 0.29) is 29.3 Å².